The van der Waals surface area contributed by atoms with Crippen LogP contribution in [0.3, 0.4) is 0 Å². The highest BCUT2D eigenvalue weighted by Gasteiger charge is 2.42. The molecule has 2 aliphatic heterocycles. The molecule has 1 N–H and O–H groups in total. The van der Waals surface area contributed by atoms with Crippen molar-refractivity contribution in [3.63, 3.8) is 0 Å². The van der Waals surface area contributed by atoms with Gasteiger partial charge in [0.25, 0.3) is 11.8 Å². The van der Waals surface area contributed by atoms with E-state index in [2.05, 4.69) is 0 Å². The Hall–Kier alpha value is -2.23. The molecule has 25 heavy (non-hydrogen) atoms. The number of benzene rings is 1. The van der Waals surface area contributed by atoms with E-state index in [0.29, 0.717) is 28.7 Å². The molecule has 1 aromatic rings. The third-order valence-corrected chi connectivity index (χ3v) is 5.26. The van der Waals surface area contributed by atoms with Crippen molar-refractivity contribution in [1.29, 1.82) is 0 Å². The van der Waals surface area contributed by atoms with Crippen LogP contribution in [0.4, 0.5) is 5.69 Å². The minimum absolute atomic E-state index is 0.203. The number of thioether (sulfide) groups is 1. The molecule has 2 heterocycles. The Morgan fingerprint density at radius 1 is 1.24 bits per heavy atom. The Morgan fingerprint density at radius 3 is 2.64 bits per heavy atom. The van der Waals surface area contributed by atoms with Gasteiger partial charge in [0, 0.05) is 12.7 Å². The number of thiocarbonyl (C=S) groups is 1. The molecule has 0 saturated carbocycles. The molecule has 3 rings (SSSR count). The van der Waals surface area contributed by atoms with Gasteiger partial charge in [-0.2, -0.15) is 0 Å². The van der Waals surface area contributed by atoms with Gasteiger partial charge in [-0.3, -0.25) is 24.2 Å². The summed E-state index contributed by atoms with van der Waals surface area (Å²) in [5.74, 6) is -1.99. The molecule has 1 aromatic carbocycles. The number of hydrogen-bond acceptors (Lipinski definition) is 6. The van der Waals surface area contributed by atoms with Crippen LogP contribution < -0.4 is 4.90 Å². The Bertz CT molecular complexity index is 820. The van der Waals surface area contributed by atoms with Crippen molar-refractivity contribution in [2.24, 2.45) is 0 Å². The first kappa shape index (κ1) is 17.6. The van der Waals surface area contributed by atoms with Crippen molar-refractivity contribution in [3.05, 3.63) is 34.7 Å². The van der Waals surface area contributed by atoms with E-state index in [-0.39, 0.29) is 16.4 Å². The number of anilines is 1. The summed E-state index contributed by atoms with van der Waals surface area (Å²) in [4.78, 5) is 39.4. The van der Waals surface area contributed by atoms with Crippen LogP contribution in [-0.4, -0.2) is 58.9 Å². The molecule has 1 fully saturated rings. The fraction of sp³-hybridized carbons (Fsp3) is 0.250. The molecule has 130 valence electrons. The average molecular weight is 378 g/mol. The maximum Gasteiger partial charge on any atom is 0.323 e. The minimum atomic E-state index is -1.13. The van der Waals surface area contributed by atoms with E-state index in [0.717, 1.165) is 16.7 Å². The quantitative estimate of drug-likeness (QED) is 0.611. The number of para-hydroxylation sites is 1. The molecular formula is C16H14N2O5S2. The van der Waals surface area contributed by atoms with Crippen molar-refractivity contribution >= 4 is 57.3 Å². The van der Waals surface area contributed by atoms with Gasteiger partial charge in [0.15, 0.2) is 0 Å². The van der Waals surface area contributed by atoms with Crippen molar-refractivity contribution in [3.8, 4) is 0 Å². The van der Waals surface area contributed by atoms with Crippen molar-refractivity contribution in [1.82, 2.24) is 4.90 Å². The van der Waals surface area contributed by atoms with Crippen molar-refractivity contribution < 1.29 is 24.2 Å². The molecule has 7 nitrogen and oxygen atoms in total. The van der Waals surface area contributed by atoms with Gasteiger partial charge in [0.2, 0.25) is 0 Å². The Kier molecular flexibility index (Phi) is 4.89. The molecule has 0 spiro atoms. The molecule has 0 bridgehead atoms. The second-order valence-electron chi connectivity index (χ2n) is 5.32. The molecule has 0 radical (unpaired) electrons. The maximum absolute atomic E-state index is 12.8. The molecule has 0 aromatic heterocycles. The lowest BCUT2D eigenvalue weighted by Crippen LogP contribution is -2.33. The van der Waals surface area contributed by atoms with Gasteiger partial charge in [-0.1, -0.05) is 42.2 Å². The molecule has 0 atom stereocenters. The molecular weight excluding hydrogens is 364 g/mol. The number of aliphatic carboxylic acids is 1. The summed E-state index contributed by atoms with van der Waals surface area (Å²) >= 11 is 6.29. The summed E-state index contributed by atoms with van der Waals surface area (Å²) in [6.45, 7) is 0.153. The largest absolute Gasteiger partial charge is 0.480 e. The third-order valence-electron chi connectivity index (χ3n) is 3.81. The highest BCUT2D eigenvalue weighted by molar-refractivity contribution is 8.26. The second-order valence-corrected chi connectivity index (χ2v) is 6.97. The fourth-order valence-corrected chi connectivity index (χ4v) is 4.10. The van der Waals surface area contributed by atoms with Crippen LogP contribution in [0.15, 0.2) is 29.2 Å². The predicted octanol–water partition coefficient (Wildman–Crippen LogP) is 1.34. The van der Waals surface area contributed by atoms with E-state index in [1.54, 1.807) is 24.3 Å². The summed E-state index contributed by atoms with van der Waals surface area (Å²) in [5, 5.41) is 9.08. The SMILES string of the molecule is COCCN1C(=O)/C(=C2/C(=O)N(CC(=O)O)c3ccccc32)SC1=S. The lowest BCUT2D eigenvalue weighted by Gasteiger charge is -2.14. The Balaban J connectivity index is 2.06. The first-order chi connectivity index (χ1) is 12.0. The number of nitrogens with zero attached hydrogens (tertiary/aromatic N) is 2. The van der Waals surface area contributed by atoms with Crippen LogP contribution in [0.25, 0.3) is 5.57 Å². The van der Waals surface area contributed by atoms with Gasteiger partial charge in [-0.15, -0.1) is 0 Å². The van der Waals surface area contributed by atoms with Gasteiger partial charge in [0.05, 0.1) is 29.3 Å². The monoisotopic (exact) mass is 378 g/mol. The van der Waals surface area contributed by atoms with Gasteiger partial charge in [-0.05, 0) is 6.07 Å². The van der Waals surface area contributed by atoms with E-state index in [4.69, 9.17) is 22.1 Å². The molecule has 0 unspecified atom stereocenters. The number of carbonyl (C=O) groups is 3. The smallest absolute Gasteiger partial charge is 0.323 e. The lowest BCUT2D eigenvalue weighted by molar-refractivity contribution is -0.136. The molecule has 1 saturated heterocycles. The standard InChI is InChI=1S/C16H14N2O5S2/c1-23-7-6-17-15(22)13(25-16(17)24)12-9-4-2-3-5-10(9)18(14(12)21)8-11(19)20/h2-5H,6-8H2,1H3,(H,19,20)/b13-12-. The molecule has 0 aliphatic carbocycles. The number of ether oxygens (including phenoxy) is 1. The van der Waals surface area contributed by atoms with Crippen molar-refractivity contribution in [2.45, 2.75) is 0 Å². The zero-order valence-corrected chi connectivity index (χ0v) is 14.9. The first-order valence-corrected chi connectivity index (χ1v) is 8.58. The van der Waals surface area contributed by atoms with Crippen LogP contribution >= 0.6 is 24.0 Å². The van der Waals surface area contributed by atoms with E-state index in [1.807, 2.05) is 0 Å². The number of rotatable bonds is 5. The summed E-state index contributed by atoms with van der Waals surface area (Å²) in [6, 6.07) is 6.82. The number of methoxy groups -OCH3 is 1. The predicted molar refractivity (Wildman–Crippen MR) is 97.1 cm³/mol. The van der Waals surface area contributed by atoms with Crippen molar-refractivity contribution in [2.75, 3.05) is 31.7 Å². The van der Waals surface area contributed by atoms with Gasteiger partial charge < -0.3 is 9.84 Å². The van der Waals surface area contributed by atoms with Crippen LogP contribution in [-0.2, 0) is 19.1 Å². The van der Waals surface area contributed by atoms with Crippen LogP contribution in [0.1, 0.15) is 5.56 Å². The maximum atomic E-state index is 12.8. The molecule has 2 aliphatic rings. The van der Waals surface area contributed by atoms with E-state index < -0.39 is 18.4 Å². The number of carboxylic acids is 1. The minimum Gasteiger partial charge on any atom is -0.480 e. The van der Waals surface area contributed by atoms with Crippen LogP contribution in [0.2, 0.25) is 0 Å². The number of fused-ring (bicyclic) bond motifs is 1. The first-order valence-electron chi connectivity index (χ1n) is 7.35. The fourth-order valence-electron chi connectivity index (χ4n) is 2.72. The lowest BCUT2D eigenvalue weighted by atomic mass is 10.1. The normalized spacial score (nSPS) is 19.8. The van der Waals surface area contributed by atoms with E-state index in [1.165, 1.54) is 12.0 Å². The van der Waals surface area contributed by atoms with Crippen LogP contribution in [0, 0.1) is 0 Å². The molecule has 9 heteroatoms. The summed E-state index contributed by atoms with van der Waals surface area (Å²) in [6.07, 6.45) is 0. The van der Waals surface area contributed by atoms with Gasteiger partial charge in [0.1, 0.15) is 10.9 Å². The topological polar surface area (TPSA) is 87.2 Å². The summed E-state index contributed by atoms with van der Waals surface area (Å²) in [7, 11) is 1.52. The summed E-state index contributed by atoms with van der Waals surface area (Å²) in [5.41, 5.74) is 1.22. The molecule has 2 amide bonds. The zero-order valence-electron chi connectivity index (χ0n) is 13.2. The van der Waals surface area contributed by atoms with Gasteiger partial charge >= 0.3 is 5.97 Å². The van der Waals surface area contributed by atoms with Crippen LogP contribution in [0.5, 0.6) is 0 Å². The summed E-state index contributed by atoms with van der Waals surface area (Å²) < 4.78 is 5.33. The Morgan fingerprint density at radius 2 is 1.96 bits per heavy atom. The third kappa shape index (κ3) is 3.06. The number of hydrogen-bond donors (Lipinski definition) is 1. The number of amides is 2. The number of carbonyl (C=O) groups excluding carboxylic acids is 2. The van der Waals surface area contributed by atoms with E-state index in [9.17, 15) is 14.4 Å². The van der Waals surface area contributed by atoms with Gasteiger partial charge in [-0.25, -0.2) is 0 Å². The number of carboxylic acid groups (broad SMARTS) is 1. The highest BCUT2D eigenvalue weighted by atomic mass is 32.2. The Labute approximate surface area is 153 Å². The highest BCUT2D eigenvalue weighted by Crippen LogP contribution is 2.44. The van der Waals surface area contributed by atoms with E-state index >= 15 is 0 Å². The average Bonchev–Trinajstić information content (AvgIpc) is 3.00. The zero-order chi connectivity index (χ0) is 18.1. The second kappa shape index (κ2) is 6.95.